The first-order valence-corrected chi connectivity index (χ1v) is 7.04. The maximum atomic E-state index is 5.83. The summed E-state index contributed by atoms with van der Waals surface area (Å²) in [5, 5.41) is 4.85. The summed E-state index contributed by atoms with van der Waals surface area (Å²) in [5.74, 6) is 1.84. The zero-order valence-electron chi connectivity index (χ0n) is 11.0. The average Bonchev–Trinajstić information content (AvgIpc) is 2.80. The van der Waals surface area contributed by atoms with Gasteiger partial charge in [0.15, 0.2) is 0 Å². The van der Waals surface area contributed by atoms with Crippen molar-refractivity contribution in [2.45, 2.75) is 45.2 Å². The van der Waals surface area contributed by atoms with Crippen LogP contribution in [0.5, 0.6) is 0 Å². The van der Waals surface area contributed by atoms with Crippen molar-refractivity contribution >= 4 is 11.0 Å². The summed E-state index contributed by atoms with van der Waals surface area (Å²) in [6.07, 6.45) is 5.42. The molecule has 1 heterocycles. The molecule has 1 fully saturated rings. The van der Waals surface area contributed by atoms with Gasteiger partial charge in [0.05, 0.1) is 6.54 Å². The maximum absolute atomic E-state index is 5.83. The maximum Gasteiger partial charge on any atom is 0.134 e. The molecule has 0 amide bonds. The van der Waals surface area contributed by atoms with Crippen LogP contribution in [-0.2, 0) is 6.54 Å². The van der Waals surface area contributed by atoms with Crippen LogP contribution in [0.3, 0.4) is 0 Å². The molecule has 1 N–H and O–H groups in total. The number of benzene rings is 1. The van der Waals surface area contributed by atoms with Crippen LogP contribution in [0.25, 0.3) is 11.0 Å². The zero-order valence-corrected chi connectivity index (χ0v) is 11.0. The monoisotopic (exact) mass is 243 g/mol. The molecule has 0 saturated heterocycles. The van der Waals surface area contributed by atoms with Gasteiger partial charge in [-0.1, -0.05) is 38.0 Å². The topological polar surface area (TPSA) is 25.2 Å². The Balaban J connectivity index is 1.65. The smallest absolute Gasteiger partial charge is 0.134 e. The van der Waals surface area contributed by atoms with Crippen LogP contribution in [-0.4, -0.2) is 6.04 Å². The van der Waals surface area contributed by atoms with Crippen molar-refractivity contribution in [2.75, 3.05) is 0 Å². The van der Waals surface area contributed by atoms with Gasteiger partial charge in [-0.2, -0.15) is 0 Å². The van der Waals surface area contributed by atoms with Gasteiger partial charge in [-0.25, -0.2) is 0 Å². The Hall–Kier alpha value is -1.28. The lowest BCUT2D eigenvalue weighted by Gasteiger charge is -2.29. The van der Waals surface area contributed by atoms with Gasteiger partial charge in [0, 0.05) is 11.4 Å². The third-order valence-corrected chi connectivity index (χ3v) is 4.13. The molecule has 2 nitrogen and oxygen atoms in total. The molecule has 2 aromatic rings. The third-order valence-electron chi connectivity index (χ3n) is 4.13. The van der Waals surface area contributed by atoms with Gasteiger partial charge in [-0.15, -0.1) is 0 Å². The highest BCUT2D eigenvalue weighted by molar-refractivity contribution is 5.77. The van der Waals surface area contributed by atoms with Crippen LogP contribution in [0.4, 0.5) is 0 Å². The number of rotatable bonds is 3. The van der Waals surface area contributed by atoms with Crippen LogP contribution in [0.15, 0.2) is 34.7 Å². The van der Waals surface area contributed by atoms with Crippen LogP contribution >= 0.6 is 0 Å². The molecule has 18 heavy (non-hydrogen) atoms. The molecule has 1 aromatic heterocycles. The predicted octanol–water partition coefficient (Wildman–Crippen LogP) is 4.10. The van der Waals surface area contributed by atoms with Crippen LogP contribution in [0.2, 0.25) is 0 Å². The molecule has 1 aliphatic rings. The predicted molar refractivity (Wildman–Crippen MR) is 74.5 cm³/mol. The van der Waals surface area contributed by atoms with E-state index in [4.69, 9.17) is 4.42 Å². The van der Waals surface area contributed by atoms with Crippen molar-refractivity contribution in [3.8, 4) is 0 Å². The van der Waals surface area contributed by atoms with E-state index in [0.29, 0.717) is 6.04 Å². The van der Waals surface area contributed by atoms with E-state index < -0.39 is 0 Å². The molecular weight excluding hydrogens is 222 g/mol. The fraction of sp³-hybridized carbons (Fsp3) is 0.500. The third kappa shape index (κ3) is 2.44. The highest BCUT2D eigenvalue weighted by Crippen LogP contribution is 2.24. The summed E-state index contributed by atoms with van der Waals surface area (Å²) in [6.45, 7) is 3.21. The Bertz CT molecular complexity index is 484. The summed E-state index contributed by atoms with van der Waals surface area (Å²) in [5.41, 5.74) is 0.992. The van der Waals surface area contributed by atoms with Crippen molar-refractivity contribution < 1.29 is 4.42 Å². The van der Waals surface area contributed by atoms with Crippen LogP contribution in [0, 0.1) is 5.92 Å². The van der Waals surface area contributed by atoms with E-state index in [-0.39, 0.29) is 0 Å². The summed E-state index contributed by atoms with van der Waals surface area (Å²) >= 11 is 0. The van der Waals surface area contributed by atoms with E-state index in [0.717, 1.165) is 23.8 Å². The van der Waals surface area contributed by atoms with E-state index in [2.05, 4.69) is 30.4 Å². The Morgan fingerprint density at radius 3 is 2.89 bits per heavy atom. The van der Waals surface area contributed by atoms with Gasteiger partial charge in [0.2, 0.25) is 0 Å². The first-order valence-electron chi connectivity index (χ1n) is 7.04. The largest absolute Gasteiger partial charge is 0.460 e. The second-order valence-electron chi connectivity index (χ2n) is 5.50. The fourth-order valence-corrected chi connectivity index (χ4v) is 2.98. The first-order chi connectivity index (χ1) is 8.83. The number of hydrogen-bond donors (Lipinski definition) is 1. The van der Waals surface area contributed by atoms with Gasteiger partial charge in [0.25, 0.3) is 0 Å². The number of furan rings is 1. The molecule has 0 bridgehead atoms. The van der Waals surface area contributed by atoms with E-state index in [1.165, 1.54) is 31.1 Å². The Morgan fingerprint density at radius 1 is 1.22 bits per heavy atom. The SMILES string of the molecule is CC1CCCCC1NCc1cc2ccccc2o1. The first kappa shape index (κ1) is 11.8. The lowest BCUT2D eigenvalue weighted by molar-refractivity contribution is 0.274. The van der Waals surface area contributed by atoms with E-state index in [9.17, 15) is 0 Å². The molecule has 96 valence electrons. The molecule has 0 spiro atoms. The number of para-hydroxylation sites is 1. The molecule has 1 aliphatic carbocycles. The van der Waals surface area contributed by atoms with Crippen molar-refractivity contribution in [1.29, 1.82) is 0 Å². The van der Waals surface area contributed by atoms with E-state index >= 15 is 0 Å². The number of fused-ring (bicyclic) bond motifs is 1. The molecular formula is C16H21NO. The summed E-state index contributed by atoms with van der Waals surface area (Å²) in [4.78, 5) is 0. The van der Waals surface area contributed by atoms with Crippen molar-refractivity contribution in [3.63, 3.8) is 0 Å². The van der Waals surface area contributed by atoms with E-state index in [1.807, 2.05) is 12.1 Å². The minimum absolute atomic E-state index is 0.659. The van der Waals surface area contributed by atoms with Gasteiger partial charge >= 0.3 is 0 Å². The lowest BCUT2D eigenvalue weighted by atomic mass is 9.86. The van der Waals surface area contributed by atoms with Crippen molar-refractivity contribution in [1.82, 2.24) is 5.32 Å². The molecule has 0 aliphatic heterocycles. The average molecular weight is 243 g/mol. The Morgan fingerprint density at radius 2 is 2.06 bits per heavy atom. The summed E-state index contributed by atoms with van der Waals surface area (Å²) in [7, 11) is 0. The molecule has 1 saturated carbocycles. The normalized spacial score (nSPS) is 24.5. The molecule has 0 radical (unpaired) electrons. The van der Waals surface area contributed by atoms with E-state index in [1.54, 1.807) is 0 Å². The second-order valence-corrected chi connectivity index (χ2v) is 5.50. The molecule has 1 aromatic carbocycles. The van der Waals surface area contributed by atoms with Crippen molar-refractivity contribution in [3.05, 3.63) is 36.1 Å². The van der Waals surface area contributed by atoms with Crippen molar-refractivity contribution in [2.24, 2.45) is 5.92 Å². The molecule has 2 atom stereocenters. The lowest BCUT2D eigenvalue weighted by Crippen LogP contribution is -2.36. The van der Waals surface area contributed by atoms with Crippen LogP contribution in [0.1, 0.15) is 38.4 Å². The highest BCUT2D eigenvalue weighted by atomic mass is 16.3. The Kier molecular flexibility index (Phi) is 3.37. The van der Waals surface area contributed by atoms with Gasteiger partial charge < -0.3 is 9.73 Å². The minimum atomic E-state index is 0.659. The minimum Gasteiger partial charge on any atom is -0.460 e. The number of hydrogen-bond acceptors (Lipinski definition) is 2. The summed E-state index contributed by atoms with van der Waals surface area (Å²) in [6, 6.07) is 11.0. The standard InChI is InChI=1S/C16H21NO/c1-12-6-2-4-8-15(12)17-11-14-10-13-7-3-5-9-16(13)18-14/h3,5,7,9-10,12,15,17H,2,4,6,8,11H2,1H3. The second kappa shape index (κ2) is 5.15. The number of nitrogens with one attached hydrogen (secondary N) is 1. The van der Waals surface area contributed by atoms with Gasteiger partial charge in [-0.3, -0.25) is 0 Å². The van der Waals surface area contributed by atoms with Gasteiger partial charge in [-0.05, 0) is 30.9 Å². The van der Waals surface area contributed by atoms with Gasteiger partial charge in [0.1, 0.15) is 11.3 Å². The highest BCUT2D eigenvalue weighted by Gasteiger charge is 2.20. The Labute approximate surface area is 108 Å². The van der Waals surface area contributed by atoms with Crippen LogP contribution < -0.4 is 5.32 Å². The quantitative estimate of drug-likeness (QED) is 0.878. The molecule has 2 heteroatoms. The fourth-order valence-electron chi connectivity index (χ4n) is 2.98. The summed E-state index contributed by atoms with van der Waals surface area (Å²) < 4.78 is 5.83. The zero-order chi connectivity index (χ0) is 12.4. The molecule has 2 unspecified atom stereocenters. The molecule has 3 rings (SSSR count).